The van der Waals surface area contributed by atoms with Gasteiger partial charge in [0.05, 0.1) is 22.0 Å². The number of pyridine rings is 1. The van der Waals surface area contributed by atoms with E-state index in [1.54, 1.807) is 4.90 Å². The quantitative estimate of drug-likeness (QED) is 0.146. The van der Waals surface area contributed by atoms with Gasteiger partial charge in [-0.3, -0.25) is 0 Å². The number of hydrogen-bond acceptors (Lipinski definition) is 6. The first kappa shape index (κ1) is 34.7. The Morgan fingerprint density at radius 1 is 0.820 bits per heavy atom. The smallest absolute Gasteiger partial charge is 0.410 e. The van der Waals surface area contributed by atoms with Crippen LogP contribution in [0.2, 0.25) is 0 Å². The fourth-order valence-corrected chi connectivity index (χ4v) is 8.21. The first-order chi connectivity index (χ1) is 24.0. The standard InChI is InChI=1S/C41H39FN2O5S/c1-40(2,3)49-39(47)44-26-34(25-33(44)27-48-36-24-23-35(38(45)46)37(43-36)28-19-21-32(42)22-20-28)50-41(29-13-7-4-8-14-29,30-15-9-5-10-16-30)31-17-11-6-12-18-31/h4-24,33-34H,25-27H2,1-3H3,(H,45,46). The average Bonchev–Trinajstić information content (AvgIpc) is 3.53. The summed E-state index contributed by atoms with van der Waals surface area (Å²) < 4.78 is 25.2. The van der Waals surface area contributed by atoms with Crippen molar-refractivity contribution in [3.05, 3.63) is 155 Å². The van der Waals surface area contributed by atoms with Gasteiger partial charge < -0.3 is 19.5 Å². The van der Waals surface area contributed by atoms with Crippen LogP contribution in [0.15, 0.2) is 127 Å². The van der Waals surface area contributed by atoms with Crippen molar-refractivity contribution in [1.82, 2.24) is 9.88 Å². The highest BCUT2D eigenvalue weighted by atomic mass is 32.2. The number of carboxylic acid groups (broad SMARTS) is 1. The van der Waals surface area contributed by atoms with Gasteiger partial charge in [-0.05, 0) is 74.2 Å². The van der Waals surface area contributed by atoms with E-state index >= 15 is 0 Å². The number of benzene rings is 4. The second kappa shape index (κ2) is 14.8. The van der Waals surface area contributed by atoms with Crippen molar-refractivity contribution in [2.75, 3.05) is 13.2 Å². The number of carboxylic acids is 1. The van der Waals surface area contributed by atoms with Crippen molar-refractivity contribution in [2.45, 2.75) is 48.8 Å². The average molecular weight is 691 g/mol. The molecule has 2 unspecified atom stereocenters. The molecule has 0 saturated carbocycles. The molecule has 1 N–H and O–H groups in total. The van der Waals surface area contributed by atoms with E-state index in [-0.39, 0.29) is 35.0 Å². The van der Waals surface area contributed by atoms with Crippen molar-refractivity contribution >= 4 is 23.8 Å². The number of aromatic carboxylic acids is 1. The number of aromatic nitrogens is 1. The molecule has 1 aliphatic heterocycles. The summed E-state index contributed by atoms with van der Waals surface area (Å²) in [6.45, 7) is 6.06. The molecule has 7 nitrogen and oxygen atoms in total. The van der Waals surface area contributed by atoms with Crippen LogP contribution >= 0.6 is 11.8 Å². The summed E-state index contributed by atoms with van der Waals surface area (Å²) in [7, 11) is 0. The van der Waals surface area contributed by atoms with Gasteiger partial charge in [-0.15, -0.1) is 11.8 Å². The molecule has 1 aliphatic rings. The van der Waals surface area contributed by atoms with E-state index < -0.39 is 28.2 Å². The van der Waals surface area contributed by atoms with Gasteiger partial charge >= 0.3 is 12.1 Å². The second-order valence-electron chi connectivity index (χ2n) is 13.2. The molecule has 1 fully saturated rings. The Hall–Kier alpha value is -5.15. The number of carbonyl (C=O) groups is 2. The van der Waals surface area contributed by atoms with E-state index in [0.29, 0.717) is 18.5 Å². The maximum Gasteiger partial charge on any atom is 0.410 e. The third-order valence-corrected chi connectivity index (χ3v) is 10.3. The molecule has 1 amide bonds. The number of ether oxygens (including phenoxy) is 2. The van der Waals surface area contributed by atoms with Crippen LogP contribution in [0.3, 0.4) is 0 Å². The summed E-state index contributed by atoms with van der Waals surface area (Å²) in [6.07, 6.45) is 0.177. The highest BCUT2D eigenvalue weighted by molar-refractivity contribution is 8.01. The molecule has 6 rings (SSSR count). The van der Waals surface area contributed by atoms with Gasteiger partial charge in [-0.2, -0.15) is 0 Å². The number of rotatable bonds is 10. The van der Waals surface area contributed by atoms with Gasteiger partial charge in [0.1, 0.15) is 18.0 Å². The van der Waals surface area contributed by atoms with Crippen LogP contribution in [0.1, 0.15) is 54.2 Å². The summed E-state index contributed by atoms with van der Waals surface area (Å²) in [5.41, 5.74) is 3.26. The Morgan fingerprint density at radius 3 is 1.86 bits per heavy atom. The summed E-state index contributed by atoms with van der Waals surface area (Å²) in [5, 5.41) is 9.80. The van der Waals surface area contributed by atoms with Crippen molar-refractivity contribution in [2.24, 2.45) is 0 Å². The van der Waals surface area contributed by atoms with Crippen LogP contribution in [0.25, 0.3) is 11.3 Å². The number of likely N-dealkylation sites (tertiary alicyclic amines) is 1. The van der Waals surface area contributed by atoms with Gasteiger partial charge in [0, 0.05) is 23.4 Å². The molecular weight excluding hydrogens is 652 g/mol. The monoisotopic (exact) mass is 690 g/mol. The number of carbonyl (C=O) groups excluding carboxylic acids is 1. The minimum absolute atomic E-state index is 0.0196. The highest BCUT2D eigenvalue weighted by Crippen LogP contribution is 2.52. The lowest BCUT2D eigenvalue weighted by molar-refractivity contribution is 0.0186. The van der Waals surface area contributed by atoms with Crippen molar-refractivity contribution in [3.63, 3.8) is 0 Å². The molecule has 2 heterocycles. The van der Waals surface area contributed by atoms with Crippen LogP contribution in [-0.4, -0.2) is 57.1 Å². The Bertz CT molecular complexity index is 1820. The number of amides is 1. The van der Waals surface area contributed by atoms with Crippen LogP contribution < -0.4 is 4.74 Å². The molecule has 1 saturated heterocycles. The predicted octanol–water partition coefficient (Wildman–Crippen LogP) is 9.07. The van der Waals surface area contributed by atoms with Crippen LogP contribution in [0.5, 0.6) is 5.88 Å². The van der Waals surface area contributed by atoms with Gasteiger partial charge in [0.2, 0.25) is 5.88 Å². The zero-order valence-corrected chi connectivity index (χ0v) is 29.0. The topological polar surface area (TPSA) is 89.0 Å². The van der Waals surface area contributed by atoms with Crippen LogP contribution in [0.4, 0.5) is 9.18 Å². The summed E-state index contributed by atoms with van der Waals surface area (Å²) in [6, 6.07) is 39.3. The second-order valence-corrected chi connectivity index (χ2v) is 14.7. The minimum Gasteiger partial charge on any atom is -0.478 e. The summed E-state index contributed by atoms with van der Waals surface area (Å²) in [4.78, 5) is 32.0. The lowest BCUT2D eigenvalue weighted by atomic mass is 9.84. The molecule has 0 aliphatic carbocycles. The minimum atomic E-state index is -1.16. The van der Waals surface area contributed by atoms with E-state index in [2.05, 4.69) is 77.8 Å². The van der Waals surface area contributed by atoms with Crippen LogP contribution in [-0.2, 0) is 9.48 Å². The normalized spacial score (nSPS) is 16.2. The highest BCUT2D eigenvalue weighted by Gasteiger charge is 2.45. The van der Waals surface area contributed by atoms with E-state index in [1.807, 2.05) is 50.7 Å². The van der Waals surface area contributed by atoms with E-state index in [4.69, 9.17) is 9.47 Å². The third-order valence-electron chi connectivity index (χ3n) is 8.53. The Labute approximate surface area is 296 Å². The summed E-state index contributed by atoms with van der Waals surface area (Å²) in [5.74, 6) is -1.40. The van der Waals surface area contributed by atoms with E-state index in [1.165, 1.54) is 36.4 Å². The molecule has 0 radical (unpaired) electrons. The van der Waals surface area contributed by atoms with Crippen LogP contribution in [0, 0.1) is 5.82 Å². The van der Waals surface area contributed by atoms with E-state index in [0.717, 1.165) is 16.7 Å². The molecule has 0 bridgehead atoms. The zero-order valence-electron chi connectivity index (χ0n) is 28.2. The molecular formula is C41H39FN2O5S. The predicted molar refractivity (Wildman–Crippen MR) is 194 cm³/mol. The molecule has 0 spiro atoms. The molecule has 2 atom stereocenters. The molecule has 5 aromatic rings. The molecule has 1 aromatic heterocycles. The fourth-order valence-electron chi connectivity index (χ4n) is 6.34. The van der Waals surface area contributed by atoms with Gasteiger partial charge in [0.25, 0.3) is 0 Å². The van der Waals surface area contributed by atoms with Gasteiger partial charge in [0.15, 0.2) is 0 Å². The van der Waals surface area contributed by atoms with Crippen molar-refractivity contribution in [3.8, 4) is 17.1 Å². The van der Waals surface area contributed by atoms with Crippen molar-refractivity contribution < 1.29 is 28.6 Å². The number of halogens is 1. The third kappa shape index (κ3) is 7.68. The first-order valence-electron chi connectivity index (χ1n) is 16.5. The fraction of sp³-hybridized carbons (Fsp3) is 0.244. The number of hydrogen-bond donors (Lipinski definition) is 1. The van der Waals surface area contributed by atoms with Crippen molar-refractivity contribution in [1.29, 1.82) is 0 Å². The lowest BCUT2D eigenvalue weighted by Gasteiger charge is -2.37. The summed E-state index contributed by atoms with van der Waals surface area (Å²) >= 11 is 1.81. The molecule has 256 valence electrons. The van der Waals surface area contributed by atoms with Gasteiger partial charge in [-0.1, -0.05) is 91.0 Å². The Balaban J connectivity index is 1.34. The lowest BCUT2D eigenvalue weighted by Crippen LogP contribution is -2.42. The molecule has 50 heavy (non-hydrogen) atoms. The van der Waals surface area contributed by atoms with Gasteiger partial charge in [-0.25, -0.2) is 19.0 Å². The zero-order chi connectivity index (χ0) is 35.3. The SMILES string of the molecule is CC(C)(C)OC(=O)N1CC(SC(c2ccccc2)(c2ccccc2)c2ccccc2)CC1COc1ccc(C(=O)O)c(-c2ccc(F)cc2)n1. The Morgan fingerprint density at radius 2 is 1.36 bits per heavy atom. The largest absolute Gasteiger partial charge is 0.478 e. The Kier molecular flexibility index (Phi) is 10.2. The molecule has 4 aromatic carbocycles. The molecule has 9 heteroatoms. The maximum absolute atomic E-state index is 13.7. The number of nitrogens with zero attached hydrogens (tertiary/aromatic N) is 2. The maximum atomic E-state index is 13.7. The van der Waals surface area contributed by atoms with E-state index in [9.17, 15) is 19.1 Å². The first-order valence-corrected chi connectivity index (χ1v) is 17.4. The number of thioether (sulfide) groups is 1.